The van der Waals surface area contributed by atoms with Gasteiger partial charge in [0.15, 0.2) is 6.61 Å². The molecule has 0 aliphatic carbocycles. The van der Waals surface area contributed by atoms with E-state index in [0.717, 1.165) is 16.8 Å². The number of amides is 1. The lowest BCUT2D eigenvalue weighted by molar-refractivity contribution is -0.384. The first-order valence-corrected chi connectivity index (χ1v) is 9.38. The Morgan fingerprint density at radius 2 is 1.58 bits per heavy atom. The van der Waals surface area contributed by atoms with Gasteiger partial charge in [-0.2, -0.15) is 0 Å². The summed E-state index contributed by atoms with van der Waals surface area (Å²) in [4.78, 5) is 34.5. The molecule has 0 unspecified atom stereocenters. The number of hydrogen-bond donors (Lipinski definition) is 1. The third kappa shape index (κ3) is 5.89. The van der Waals surface area contributed by atoms with E-state index in [0.29, 0.717) is 11.3 Å². The molecule has 0 atom stereocenters. The number of esters is 1. The predicted molar refractivity (Wildman–Crippen MR) is 115 cm³/mol. The molecular weight excluding hydrogens is 400 g/mol. The van der Waals surface area contributed by atoms with Crippen molar-refractivity contribution in [2.75, 3.05) is 11.9 Å². The van der Waals surface area contributed by atoms with E-state index in [4.69, 9.17) is 9.47 Å². The maximum absolute atomic E-state index is 12.5. The average molecular weight is 420 g/mol. The van der Waals surface area contributed by atoms with Crippen LogP contribution >= 0.6 is 0 Å². The quantitative estimate of drug-likeness (QED) is 0.262. The zero-order chi connectivity index (χ0) is 22.4. The molecule has 3 rings (SSSR count). The minimum Gasteiger partial charge on any atom is -0.482 e. The summed E-state index contributed by atoms with van der Waals surface area (Å²) in [6.45, 7) is 3.49. The van der Waals surface area contributed by atoms with Gasteiger partial charge in [-0.15, -0.1) is 0 Å². The number of ether oxygens (including phenoxy) is 2. The summed E-state index contributed by atoms with van der Waals surface area (Å²) in [5.74, 6) is -0.347. The molecule has 8 heteroatoms. The lowest BCUT2D eigenvalue weighted by atomic mass is 10.1. The summed E-state index contributed by atoms with van der Waals surface area (Å²) < 4.78 is 10.4. The second kappa shape index (κ2) is 9.53. The topological polar surface area (TPSA) is 108 Å². The molecular formula is C23H20N2O6. The number of anilines is 1. The van der Waals surface area contributed by atoms with E-state index in [2.05, 4.69) is 5.32 Å². The van der Waals surface area contributed by atoms with E-state index < -0.39 is 10.9 Å². The van der Waals surface area contributed by atoms with Crippen molar-refractivity contribution in [2.45, 2.75) is 13.8 Å². The average Bonchev–Trinajstić information content (AvgIpc) is 2.75. The Labute approximate surface area is 178 Å². The Morgan fingerprint density at radius 1 is 0.935 bits per heavy atom. The molecule has 0 bridgehead atoms. The molecule has 8 nitrogen and oxygen atoms in total. The Morgan fingerprint density at radius 3 is 2.23 bits per heavy atom. The number of hydrogen-bond acceptors (Lipinski definition) is 6. The van der Waals surface area contributed by atoms with Crippen molar-refractivity contribution in [2.24, 2.45) is 0 Å². The Hall–Kier alpha value is -4.20. The van der Waals surface area contributed by atoms with Gasteiger partial charge < -0.3 is 14.8 Å². The summed E-state index contributed by atoms with van der Waals surface area (Å²) >= 11 is 0. The van der Waals surface area contributed by atoms with Gasteiger partial charge in [-0.05, 0) is 67.4 Å². The van der Waals surface area contributed by atoms with Crippen molar-refractivity contribution >= 4 is 23.3 Å². The van der Waals surface area contributed by atoms with Gasteiger partial charge in [0, 0.05) is 23.4 Å². The number of nitro groups is 1. The molecule has 0 radical (unpaired) electrons. The van der Waals surface area contributed by atoms with E-state index in [9.17, 15) is 19.7 Å². The number of non-ortho nitro benzene ring substituents is 1. The van der Waals surface area contributed by atoms with Gasteiger partial charge in [0.05, 0.1) is 4.92 Å². The standard InChI is InChI=1S/C23H20N2O6/c1-15-3-4-16(2)21(13-15)24-23(27)17-5-9-20(10-6-17)31-22(26)14-30-19-11-7-18(8-12-19)25(28)29/h3-13H,14H2,1-2H3,(H,24,27). The van der Waals surface area contributed by atoms with Crippen molar-refractivity contribution in [1.82, 2.24) is 0 Å². The second-order valence-electron chi connectivity index (χ2n) is 6.81. The molecule has 3 aromatic rings. The Kier molecular flexibility index (Phi) is 6.61. The molecule has 0 spiro atoms. The number of rotatable bonds is 7. The number of nitrogens with zero attached hydrogens (tertiary/aromatic N) is 1. The molecule has 0 aliphatic heterocycles. The van der Waals surface area contributed by atoms with Gasteiger partial charge in [0.1, 0.15) is 11.5 Å². The van der Waals surface area contributed by atoms with Gasteiger partial charge in [-0.25, -0.2) is 4.79 Å². The first kappa shape index (κ1) is 21.5. The lowest BCUT2D eigenvalue weighted by Crippen LogP contribution is -2.18. The molecule has 31 heavy (non-hydrogen) atoms. The largest absolute Gasteiger partial charge is 0.482 e. The maximum Gasteiger partial charge on any atom is 0.349 e. The van der Waals surface area contributed by atoms with Crippen LogP contribution in [-0.2, 0) is 4.79 Å². The van der Waals surface area contributed by atoms with Crippen LogP contribution in [0.2, 0.25) is 0 Å². The minimum absolute atomic E-state index is 0.0726. The molecule has 158 valence electrons. The number of carbonyl (C=O) groups excluding carboxylic acids is 2. The van der Waals surface area contributed by atoms with E-state index in [1.54, 1.807) is 12.1 Å². The van der Waals surface area contributed by atoms with E-state index in [-0.39, 0.29) is 24.0 Å². The molecule has 0 saturated carbocycles. The normalized spacial score (nSPS) is 10.3. The second-order valence-corrected chi connectivity index (χ2v) is 6.81. The molecule has 1 N–H and O–H groups in total. The molecule has 0 aliphatic rings. The third-order valence-corrected chi connectivity index (χ3v) is 4.39. The monoisotopic (exact) mass is 420 g/mol. The molecule has 3 aromatic carbocycles. The Balaban J connectivity index is 1.53. The van der Waals surface area contributed by atoms with E-state index in [1.165, 1.54) is 36.4 Å². The van der Waals surface area contributed by atoms with E-state index in [1.807, 2.05) is 32.0 Å². The van der Waals surface area contributed by atoms with Crippen LogP contribution in [-0.4, -0.2) is 23.4 Å². The van der Waals surface area contributed by atoms with Crippen LogP contribution in [0.15, 0.2) is 66.7 Å². The first-order chi connectivity index (χ1) is 14.8. The molecule has 0 heterocycles. The fourth-order valence-corrected chi connectivity index (χ4v) is 2.71. The number of nitrogens with one attached hydrogen (secondary N) is 1. The zero-order valence-electron chi connectivity index (χ0n) is 17.0. The molecule has 0 aromatic heterocycles. The molecule has 0 fully saturated rings. The summed E-state index contributed by atoms with van der Waals surface area (Å²) in [6.07, 6.45) is 0. The highest BCUT2D eigenvalue weighted by Gasteiger charge is 2.11. The maximum atomic E-state index is 12.5. The number of benzene rings is 3. The van der Waals surface area contributed by atoms with Crippen LogP contribution in [0.5, 0.6) is 11.5 Å². The van der Waals surface area contributed by atoms with Crippen molar-refractivity contribution in [3.8, 4) is 11.5 Å². The smallest absolute Gasteiger partial charge is 0.349 e. The van der Waals surface area contributed by atoms with Gasteiger partial charge in [0.25, 0.3) is 11.6 Å². The van der Waals surface area contributed by atoms with Crippen LogP contribution in [0.4, 0.5) is 11.4 Å². The molecule has 1 amide bonds. The van der Waals surface area contributed by atoms with E-state index >= 15 is 0 Å². The van der Waals surface area contributed by atoms with Crippen molar-refractivity contribution < 1.29 is 24.0 Å². The van der Waals surface area contributed by atoms with Gasteiger partial charge in [0.2, 0.25) is 0 Å². The van der Waals surface area contributed by atoms with Crippen LogP contribution in [0.25, 0.3) is 0 Å². The van der Waals surface area contributed by atoms with Crippen molar-refractivity contribution in [1.29, 1.82) is 0 Å². The van der Waals surface area contributed by atoms with Crippen LogP contribution in [0.3, 0.4) is 0 Å². The highest BCUT2D eigenvalue weighted by molar-refractivity contribution is 6.04. The van der Waals surface area contributed by atoms with Gasteiger partial charge >= 0.3 is 5.97 Å². The van der Waals surface area contributed by atoms with Crippen LogP contribution in [0, 0.1) is 24.0 Å². The highest BCUT2D eigenvalue weighted by atomic mass is 16.6. The SMILES string of the molecule is Cc1ccc(C)c(NC(=O)c2ccc(OC(=O)COc3ccc([N+](=O)[O-])cc3)cc2)c1. The fourth-order valence-electron chi connectivity index (χ4n) is 2.71. The van der Waals surface area contributed by atoms with Gasteiger partial charge in [-0.1, -0.05) is 12.1 Å². The Bertz CT molecular complexity index is 1110. The number of aryl methyl sites for hydroxylation is 2. The number of carbonyl (C=O) groups is 2. The van der Waals surface area contributed by atoms with Gasteiger partial charge in [-0.3, -0.25) is 14.9 Å². The molecule has 0 saturated heterocycles. The third-order valence-electron chi connectivity index (χ3n) is 4.39. The lowest BCUT2D eigenvalue weighted by Gasteiger charge is -2.10. The first-order valence-electron chi connectivity index (χ1n) is 9.38. The summed E-state index contributed by atoms with van der Waals surface area (Å²) in [7, 11) is 0. The van der Waals surface area contributed by atoms with Crippen LogP contribution in [0.1, 0.15) is 21.5 Å². The summed E-state index contributed by atoms with van der Waals surface area (Å²) in [6, 6.07) is 17.3. The summed E-state index contributed by atoms with van der Waals surface area (Å²) in [5, 5.41) is 13.5. The highest BCUT2D eigenvalue weighted by Crippen LogP contribution is 2.20. The fraction of sp³-hybridized carbons (Fsp3) is 0.130. The zero-order valence-corrected chi connectivity index (χ0v) is 17.0. The van der Waals surface area contributed by atoms with Crippen molar-refractivity contribution in [3.63, 3.8) is 0 Å². The van der Waals surface area contributed by atoms with Crippen LogP contribution < -0.4 is 14.8 Å². The summed E-state index contributed by atoms with van der Waals surface area (Å²) in [5.41, 5.74) is 3.08. The number of nitro benzene ring substituents is 1. The predicted octanol–water partition coefficient (Wildman–Crippen LogP) is 4.45. The van der Waals surface area contributed by atoms with Crippen molar-refractivity contribution in [3.05, 3.63) is 93.5 Å². The minimum atomic E-state index is -0.647.